The monoisotopic (exact) mass is 275 g/mol. The van der Waals surface area contributed by atoms with Crippen LogP contribution in [0.5, 0.6) is 0 Å². The van der Waals surface area contributed by atoms with Crippen molar-refractivity contribution in [3.05, 3.63) is 29.8 Å². The summed E-state index contributed by atoms with van der Waals surface area (Å²) in [5.41, 5.74) is 7.56. The first kappa shape index (κ1) is 14.9. The number of aryl methyl sites for hydroxylation is 1. The van der Waals surface area contributed by atoms with Crippen LogP contribution in [0.2, 0.25) is 0 Å². The molecular weight excluding hydrogens is 250 g/mol. The number of nitrogen functional groups attached to an aromatic ring is 1. The second kappa shape index (κ2) is 6.78. The van der Waals surface area contributed by atoms with E-state index in [0.29, 0.717) is 24.7 Å². The Hall–Kier alpha value is -1.51. The molecule has 1 aromatic carbocycles. The van der Waals surface area contributed by atoms with Gasteiger partial charge in [-0.1, -0.05) is 26.0 Å². The Kier molecular flexibility index (Phi) is 5.05. The molecule has 20 heavy (non-hydrogen) atoms. The van der Waals surface area contributed by atoms with E-state index < -0.39 is 0 Å². The summed E-state index contributed by atoms with van der Waals surface area (Å²) in [4.78, 5) is 11.9. The molecule has 1 aliphatic carbocycles. The molecule has 1 saturated carbocycles. The van der Waals surface area contributed by atoms with Crippen LogP contribution in [-0.4, -0.2) is 12.1 Å². The van der Waals surface area contributed by atoms with E-state index in [0.717, 1.165) is 24.1 Å². The maximum Gasteiger partial charge on any atom is 0.306 e. The summed E-state index contributed by atoms with van der Waals surface area (Å²) in [5.74, 6) is 1.23. The highest BCUT2D eigenvalue weighted by atomic mass is 16.5. The van der Waals surface area contributed by atoms with E-state index >= 15 is 0 Å². The van der Waals surface area contributed by atoms with Crippen LogP contribution < -0.4 is 5.73 Å². The number of hydrogen-bond donors (Lipinski definition) is 1. The van der Waals surface area contributed by atoms with Crippen LogP contribution in [-0.2, 0) is 16.0 Å². The van der Waals surface area contributed by atoms with Gasteiger partial charge in [0, 0.05) is 12.1 Å². The molecule has 2 rings (SSSR count). The van der Waals surface area contributed by atoms with E-state index in [4.69, 9.17) is 10.5 Å². The van der Waals surface area contributed by atoms with Crippen molar-refractivity contribution < 1.29 is 9.53 Å². The van der Waals surface area contributed by atoms with Gasteiger partial charge in [0.1, 0.15) is 6.10 Å². The molecule has 0 saturated heterocycles. The highest BCUT2D eigenvalue weighted by Crippen LogP contribution is 2.30. The summed E-state index contributed by atoms with van der Waals surface area (Å²) in [5, 5.41) is 0. The first-order valence-corrected chi connectivity index (χ1v) is 7.57. The van der Waals surface area contributed by atoms with E-state index in [9.17, 15) is 4.79 Å². The number of benzene rings is 1. The third kappa shape index (κ3) is 4.55. The third-order valence-corrected chi connectivity index (χ3v) is 4.00. The molecule has 2 unspecified atom stereocenters. The van der Waals surface area contributed by atoms with Gasteiger partial charge in [0.15, 0.2) is 0 Å². The van der Waals surface area contributed by atoms with Crippen LogP contribution in [0.15, 0.2) is 24.3 Å². The highest BCUT2D eigenvalue weighted by molar-refractivity contribution is 5.70. The normalized spacial score (nSPS) is 26.2. The van der Waals surface area contributed by atoms with E-state index in [-0.39, 0.29) is 12.1 Å². The molecule has 1 aromatic rings. The van der Waals surface area contributed by atoms with Crippen LogP contribution in [0.3, 0.4) is 0 Å². The van der Waals surface area contributed by atoms with E-state index in [1.165, 1.54) is 6.42 Å². The number of anilines is 1. The molecule has 3 nitrogen and oxygen atoms in total. The predicted octanol–water partition coefficient (Wildman–Crippen LogP) is 3.57. The van der Waals surface area contributed by atoms with Gasteiger partial charge in [-0.2, -0.15) is 0 Å². The first-order valence-electron chi connectivity index (χ1n) is 7.57. The predicted molar refractivity (Wildman–Crippen MR) is 81.2 cm³/mol. The molecule has 0 amide bonds. The summed E-state index contributed by atoms with van der Waals surface area (Å²) in [6, 6.07) is 7.68. The molecule has 0 spiro atoms. The van der Waals surface area contributed by atoms with Gasteiger partial charge in [-0.25, -0.2) is 0 Å². The number of esters is 1. The minimum Gasteiger partial charge on any atom is -0.462 e. The van der Waals surface area contributed by atoms with Crippen molar-refractivity contribution in [2.75, 3.05) is 5.73 Å². The van der Waals surface area contributed by atoms with Gasteiger partial charge in [-0.3, -0.25) is 4.79 Å². The van der Waals surface area contributed by atoms with Crippen LogP contribution in [0.1, 0.15) is 45.1 Å². The lowest BCUT2D eigenvalue weighted by Crippen LogP contribution is -2.28. The standard InChI is InChI=1S/C17H25NO2/c1-12-8-13(2)10-16(9-12)20-17(19)7-6-14-4-3-5-15(18)11-14/h3-5,11-13,16H,6-10,18H2,1-2H3. The zero-order chi connectivity index (χ0) is 14.5. The maximum absolute atomic E-state index is 11.9. The molecule has 0 aliphatic heterocycles. The third-order valence-electron chi connectivity index (χ3n) is 4.00. The smallest absolute Gasteiger partial charge is 0.306 e. The summed E-state index contributed by atoms with van der Waals surface area (Å²) in [7, 11) is 0. The molecule has 2 N–H and O–H groups in total. The lowest BCUT2D eigenvalue weighted by Gasteiger charge is -2.31. The fourth-order valence-electron chi connectivity index (χ4n) is 3.21. The van der Waals surface area contributed by atoms with Gasteiger partial charge in [0.05, 0.1) is 0 Å². The van der Waals surface area contributed by atoms with Crippen LogP contribution in [0, 0.1) is 11.8 Å². The Morgan fingerprint density at radius 2 is 1.95 bits per heavy atom. The number of hydrogen-bond acceptors (Lipinski definition) is 3. The number of ether oxygens (including phenoxy) is 1. The summed E-state index contributed by atoms with van der Waals surface area (Å²) in [6.07, 6.45) is 4.51. The molecule has 0 heterocycles. The van der Waals surface area contributed by atoms with Crippen molar-refractivity contribution in [3.8, 4) is 0 Å². The Bertz CT molecular complexity index is 448. The van der Waals surface area contributed by atoms with Crippen molar-refractivity contribution in [2.45, 2.75) is 52.1 Å². The van der Waals surface area contributed by atoms with Gasteiger partial charge in [-0.15, -0.1) is 0 Å². The molecular formula is C17H25NO2. The van der Waals surface area contributed by atoms with E-state index in [1.54, 1.807) is 0 Å². The van der Waals surface area contributed by atoms with Gasteiger partial charge in [-0.05, 0) is 55.2 Å². The zero-order valence-electron chi connectivity index (χ0n) is 12.5. The average Bonchev–Trinajstić information content (AvgIpc) is 2.35. The number of carbonyl (C=O) groups is 1. The Morgan fingerprint density at radius 3 is 2.60 bits per heavy atom. The largest absolute Gasteiger partial charge is 0.462 e. The lowest BCUT2D eigenvalue weighted by molar-refractivity contribution is -0.151. The number of nitrogens with two attached hydrogens (primary N) is 1. The van der Waals surface area contributed by atoms with Crippen molar-refractivity contribution in [2.24, 2.45) is 11.8 Å². The lowest BCUT2D eigenvalue weighted by atomic mass is 9.82. The van der Waals surface area contributed by atoms with Gasteiger partial charge in [0.25, 0.3) is 0 Å². The second-order valence-electron chi connectivity index (χ2n) is 6.27. The van der Waals surface area contributed by atoms with E-state index in [1.807, 2.05) is 24.3 Å². The van der Waals surface area contributed by atoms with Gasteiger partial charge >= 0.3 is 5.97 Å². The molecule has 0 radical (unpaired) electrons. The van der Waals surface area contributed by atoms with Gasteiger partial charge in [0.2, 0.25) is 0 Å². The van der Waals surface area contributed by atoms with E-state index in [2.05, 4.69) is 13.8 Å². The number of rotatable bonds is 4. The second-order valence-corrected chi connectivity index (χ2v) is 6.27. The molecule has 110 valence electrons. The van der Waals surface area contributed by atoms with Crippen LogP contribution in [0.4, 0.5) is 5.69 Å². The van der Waals surface area contributed by atoms with Crippen molar-refractivity contribution >= 4 is 11.7 Å². The van der Waals surface area contributed by atoms with Crippen LogP contribution >= 0.6 is 0 Å². The van der Waals surface area contributed by atoms with Crippen molar-refractivity contribution in [3.63, 3.8) is 0 Å². The summed E-state index contributed by atoms with van der Waals surface area (Å²) >= 11 is 0. The molecule has 0 aromatic heterocycles. The molecule has 1 aliphatic rings. The highest BCUT2D eigenvalue weighted by Gasteiger charge is 2.26. The molecule has 1 fully saturated rings. The van der Waals surface area contributed by atoms with Crippen molar-refractivity contribution in [1.29, 1.82) is 0 Å². The van der Waals surface area contributed by atoms with Crippen LogP contribution in [0.25, 0.3) is 0 Å². The first-order chi connectivity index (χ1) is 9.52. The number of carbonyl (C=O) groups excluding carboxylic acids is 1. The fourth-order valence-corrected chi connectivity index (χ4v) is 3.21. The Labute approximate surface area is 121 Å². The summed E-state index contributed by atoms with van der Waals surface area (Å²) < 4.78 is 5.61. The fraction of sp³-hybridized carbons (Fsp3) is 0.588. The maximum atomic E-state index is 11.9. The molecule has 3 heteroatoms. The Morgan fingerprint density at radius 1 is 1.25 bits per heavy atom. The Balaban J connectivity index is 1.78. The SMILES string of the molecule is CC1CC(C)CC(OC(=O)CCc2cccc(N)c2)C1. The topological polar surface area (TPSA) is 52.3 Å². The molecule has 2 atom stereocenters. The summed E-state index contributed by atoms with van der Waals surface area (Å²) in [6.45, 7) is 4.48. The average molecular weight is 275 g/mol. The quantitative estimate of drug-likeness (QED) is 0.675. The van der Waals surface area contributed by atoms with Crippen molar-refractivity contribution in [1.82, 2.24) is 0 Å². The minimum atomic E-state index is -0.0845. The zero-order valence-corrected chi connectivity index (χ0v) is 12.5. The molecule has 0 bridgehead atoms. The minimum absolute atomic E-state index is 0.0845. The van der Waals surface area contributed by atoms with Gasteiger partial charge < -0.3 is 10.5 Å².